The zero-order valence-electron chi connectivity index (χ0n) is 14.9. The summed E-state index contributed by atoms with van der Waals surface area (Å²) in [5.74, 6) is 0.296. The molecule has 0 saturated carbocycles. The molecule has 2 aromatic heterocycles. The largest absolute Gasteiger partial charge is 0.354 e. The lowest BCUT2D eigenvalue weighted by atomic mass is 10.1. The van der Waals surface area contributed by atoms with E-state index in [0.717, 1.165) is 5.82 Å². The van der Waals surface area contributed by atoms with Crippen LogP contribution in [0.4, 0.5) is 5.82 Å². The van der Waals surface area contributed by atoms with Gasteiger partial charge >= 0.3 is 0 Å². The molecule has 1 saturated heterocycles. The molecule has 28 heavy (non-hydrogen) atoms. The first-order chi connectivity index (χ1) is 13.4. The molecule has 1 unspecified atom stereocenters. The van der Waals surface area contributed by atoms with Gasteiger partial charge in [-0.25, -0.2) is 18.5 Å². The fourth-order valence-corrected chi connectivity index (χ4v) is 4.81. The molecule has 1 fully saturated rings. The number of hydrogen-bond donors (Lipinski definition) is 1. The predicted molar refractivity (Wildman–Crippen MR) is 103 cm³/mol. The van der Waals surface area contributed by atoms with Crippen molar-refractivity contribution < 1.29 is 18.4 Å². The van der Waals surface area contributed by atoms with Crippen LogP contribution in [0.3, 0.4) is 0 Å². The Hall–Kier alpha value is -2.27. The van der Waals surface area contributed by atoms with Gasteiger partial charge in [0, 0.05) is 44.8 Å². The normalized spacial score (nSPS) is 16.6. The second-order valence-corrected chi connectivity index (χ2v) is 8.74. The molecule has 1 N–H and O–H groups in total. The van der Waals surface area contributed by atoms with E-state index in [1.807, 2.05) is 4.90 Å². The summed E-state index contributed by atoms with van der Waals surface area (Å²) in [6.07, 6.45) is 4.70. The number of halogens is 1. The van der Waals surface area contributed by atoms with E-state index < -0.39 is 21.8 Å². The molecule has 3 heterocycles. The summed E-state index contributed by atoms with van der Waals surface area (Å²) in [5.41, 5.74) is 0.435. The summed E-state index contributed by atoms with van der Waals surface area (Å²) in [5, 5.41) is 10.8. The zero-order chi connectivity index (χ0) is 20.1. The van der Waals surface area contributed by atoms with Gasteiger partial charge in [0.25, 0.3) is 0 Å². The highest BCUT2D eigenvalue weighted by Crippen LogP contribution is 2.23. The van der Waals surface area contributed by atoms with Crippen molar-refractivity contribution in [1.82, 2.24) is 19.3 Å². The van der Waals surface area contributed by atoms with Gasteiger partial charge in [0.2, 0.25) is 16.4 Å². The van der Waals surface area contributed by atoms with Gasteiger partial charge in [-0.2, -0.15) is 4.31 Å². The lowest BCUT2D eigenvalue weighted by Crippen LogP contribution is -2.50. The van der Waals surface area contributed by atoms with Gasteiger partial charge in [0.05, 0.1) is 10.8 Å². The first-order valence-electron chi connectivity index (χ1n) is 8.57. The molecular weight excluding hydrogens is 406 g/mol. The quantitative estimate of drug-likeness (QED) is 0.403. The third kappa shape index (κ3) is 4.76. The van der Waals surface area contributed by atoms with Crippen molar-refractivity contribution >= 4 is 33.9 Å². The molecule has 0 radical (unpaired) electrons. The number of aromatic nitrogens is 2. The number of pyridine rings is 2. The minimum absolute atomic E-state index is 0.192. The minimum Gasteiger partial charge on any atom is -0.354 e. The van der Waals surface area contributed by atoms with Gasteiger partial charge in [-0.3, -0.25) is 15.0 Å². The number of piperazine rings is 1. The molecule has 0 aliphatic carbocycles. The van der Waals surface area contributed by atoms with Crippen LogP contribution in [-0.4, -0.2) is 71.3 Å². The summed E-state index contributed by atoms with van der Waals surface area (Å²) in [4.78, 5) is 21.2. The van der Waals surface area contributed by atoms with Crippen molar-refractivity contribution in [2.75, 3.05) is 36.8 Å². The Morgan fingerprint density at radius 1 is 1.21 bits per heavy atom. The number of carbonyl (C=O) groups is 1. The summed E-state index contributed by atoms with van der Waals surface area (Å²) in [7, 11) is -3.72. The summed E-state index contributed by atoms with van der Waals surface area (Å²) in [6, 6.07) is 5.72. The number of rotatable bonds is 7. The minimum atomic E-state index is -3.72. The smallest absolute Gasteiger partial charge is 0.233 e. The molecule has 9 nitrogen and oxygen atoms in total. The van der Waals surface area contributed by atoms with Crippen LogP contribution in [0.15, 0.2) is 42.9 Å². The van der Waals surface area contributed by atoms with E-state index in [4.69, 9.17) is 11.6 Å². The summed E-state index contributed by atoms with van der Waals surface area (Å²) < 4.78 is 27.1. The highest BCUT2D eigenvalue weighted by Gasteiger charge is 2.32. The Kier molecular flexibility index (Phi) is 6.45. The molecule has 1 aliphatic heterocycles. The van der Waals surface area contributed by atoms with Crippen LogP contribution >= 0.6 is 11.6 Å². The number of amides is 1. The SMILES string of the molecule is O=CN(O)C(CS(=O)(=O)N1CCN(c2ccc(Cl)cn2)CC1)c1cccnc1. The molecule has 2 aromatic rings. The topological polar surface area (TPSA) is 107 Å². The molecule has 1 atom stereocenters. The predicted octanol–water partition coefficient (Wildman–Crippen LogP) is 1.17. The van der Waals surface area contributed by atoms with Crippen molar-refractivity contribution in [2.24, 2.45) is 0 Å². The lowest BCUT2D eigenvalue weighted by molar-refractivity contribution is -0.159. The molecule has 0 bridgehead atoms. The van der Waals surface area contributed by atoms with Gasteiger partial charge in [0.1, 0.15) is 11.9 Å². The molecule has 3 rings (SSSR count). The maximum atomic E-state index is 12.9. The number of carbonyl (C=O) groups excluding carboxylic acids is 1. The van der Waals surface area contributed by atoms with E-state index in [0.29, 0.717) is 28.7 Å². The van der Waals surface area contributed by atoms with Crippen LogP contribution in [-0.2, 0) is 14.8 Å². The zero-order valence-corrected chi connectivity index (χ0v) is 16.5. The molecule has 0 spiro atoms. The van der Waals surface area contributed by atoms with E-state index in [9.17, 15) is 18.4 Å². The average Bonchev–Trinajstić information content (AvgIpc) is 2.73. The Labute approximate surface area is 168 Å². The van der Waals surface area contributed by atoms with Crippen LogP contribution in [0.25, 0.3) is 0 Å². The van der Waals surface area contributed by atoms with Crippen LogP contribution in [0, 0.1) is 0 Å². The van der Waals surface area contributed by atoms with Crippen molar-refractivity contribution in [3.63, 3.8) is 0 Å². The van der Waals surface area contributed by atoms with E-state index in [1.54, 1.807) is 30.5 Å². The van der Waals surface area contributed by atoms with E-state index in [-0.39, 0.29) is 19.5 Å². The number of nitrogens with zero attached hydrogens (tertiary/aromatic N) is 5. The maximum Gasteiger partial charge on any atom is 0.233 e. The van der Waals surface area contributed by atoms with E-state index >= 15 is 0 Å². The highest BCUT2D eigenvalue weighted by molar-refractivity contribution is 7.89. The first-order valence-corrected chi connectivity index (χ1v) is 10.6. The second kappa shape index (κ2) is 8.82. The monoisotopic (exact) mass is 425 g/mol. The Morgan fingerprint density at radius 3 is 2.54 bits per heavy atom. The molecule has 11 heteroatoms. The molecule has 1 amide bonds. The molecule has 0 aromatic carbocycles. The first kappa shape index (κ1) is 20.5. The van der Waals surface area contributed by atoms with Crippen molar-refractivity contribution in [2.45, 2.75) is 6.04 Å². The fourth-order valence-electron chi connectivity index (χ4n) is 3.03. The van der Waals surface area contributed by atoms with Crippen molar-refractivity contribution in [1.29, 1.82) is 0 Å². The third-order valence-electron chi connectivity index (χ3n) is 4.53. The van der Waals surface area contributed by atoms with Gasteiger partial charge < -0.3 is 4.90 Å². The van der Waals surface area contributed by atoms with E-state index in [1.165, 1.54) is 16.7 Å². The molecular formula is C17H20ClN5O4S. The van der Waals surface area contributed by atoms with Crippen molar-refractivity contribution in [3.8, 4) is 0 Å². The molecule has 1 aliphatic rings. The van der Waals surface area contributed by atoms with Gasteiger partial charge in [-0.1, -0.05) is 17.7 Å². The number of hydroxylamine groups is 2. The van der Waals surface area contributed by atoms with E-state index in [2.05, 4.69) is 9.97 Å². The maximum absolute atomic E-state index is 12.9. The number of hydrogen-bond acceptors (Lipinski definition) is 7. The Balaban J connectivity index is 1.69. The van der Waals surface area contributed by atoms with Gasteiger partial charge in [-0.05, 0) is 23.8 Å². The number of sulfonamides is 1. The highest BCUT2D eigenvalue weighted by atomic mass is 35.5. The summed E-state index contributed by atoms with van der Waals surface area (Å²) in [6.45, 7) is 1.50. The van der Waals surface area contributed by atoms with Crippen LogP contribution < -0.4 is 4.90 Å². The van der Waals surface area contributed by atoms with Crippen LogP contribution in [0.2, 0.25) is 5.02 Å². The molecule has 150 valence electrons. The Morgan fingerprint density at radius 2 is 1.96 bits per heavy atom. The second-order valence-electron chi connectivity index (χ2n) is 6.29. The van der Waals surface area contributed by atoms with Gasteiger partial charge in [-0.15, -0.1) is 0 Å². The standard InChI is InChI=1S/C17H20ClN5O4S/c18-15-3-4-17(20-11-15)21-6-8-22(9-7-21)28(26,27)12-16(23(25)13-24)14-2-1-5-19-10-14/h1-5,10-11,13,16,25H,6-9,12H2. The summed E-state index contributed by atoms with van der Waals surface area (Å²) >= 11 is 5.85. The fraction of sp³-hybridized carbons (Fsp3) is 0.353. The lowest BCUT2D eigenvalue weighted by Gasteiger charge is -2.35. The van der Waals surface area contributed by atoms with Crippen LogP contribution in [0.1, 0.15) is 11.6 Å². The number of anilines is 1. The van der Waals surface area contributed by atoms with Crippen molar-refractivity contribution in [3.05, 3.63) is 53.4 Å². The average molecular weight is 426 g/mol. The third-order valence-corrected chi connectivity index (χ3v) is 6.65. The van der Waals surface area contributed by atoms with Crippen LogP contribution in [0.5, 0.6) is 0 Å². The van der Waals surface area contributed by atoms with Gasteiger partial charge in [0.15, 0.2) is 0 Å². The Bertz CT molecular complexity index is 890.